The highest BCUT2D eigenvalue weighted by Crippen LogP contribution is 2.43. The molecule has 12 heteroatoms. The van der Waals surface area contributed by atoms with Crippen LogP contribution in [0.3, 0.4) is 0 Å². The van der Waals surface area contributed by atoms with Crippen molar-refractivity contribution in [2.75, 3.05) is 6.61 Å². The molecule has 2 saturated carbocycles. The van der Waals surface area contributed by atoms with Gasteiger partial charge in [-0.3, -0.25) is 4.79 Å². The van der Waals surface area contributed by atoms with Crippen molar-refractivity contribution in [3.8, 4) is 11.5 Å². The van der Waals surface area contributed by atoms with E-state index < -0.39 is 60.8 Å². The quantitative estimate of drug-likeness (QED) is 0.119. The molecule has 1 aliphatic heterocycles. The van der Waals surface area contributed by atoms with Crippen LogP contribution < -0.4 is 10.1 Å². The number of benzene rings is 2. The van der Waals surface area contributed by atoms with Crippen molar-refractivity contribution in [3.63, 3.8) is 0 Å². The number of aliphatic hydroxyl groups is 5. The smallest absolute Gasteiger partial charge is 0.338 e. The Kier molecular flexibility index (Phi) is 10.5. The maximum absolute atomic E-state index is 12.9. The van der Waals surface area contributed by atoms with Crippen molar-refractivity contribution >= 4 is 18.0 Å². The van der Waals surface area contributed by atoms with Crippen LogP contribution in [0.5, 0.6) is 11.5 Å². The van der Waals surface area contributed by atoms with Gasteiger partial charge in [0.2, 0.25) is 12.2 Å². The molecule has 7 N–H and O–H groups in total. The summed E-state index contributed by atoms with van der Waals surface area (Å²) in [5.74, 6) is -1.80. The van der Waals surface area contributed by atoms with Gasteiger partial charge in [0, 0.05) is 5.57 Å². The van der Waals surface area contributed by atoms with Crippen molar-refractivity contribution in [3.05, 3.63) is 76.9 Å². The first-order valence-electron chi connectivity index (χ1n) is 15.4. The molecule has 248 valence electrons. The Balaban J connectivity index is 1.17. The van der Waals surface area contributed by atoms with E-state index in [1.54, 1.807) is 49.4 Å². The van der Waals surface area contributed by atoms with Crippen LogP contribution >= 0.6 is 0 Å². The van der Waals surface area contributed by atoms with Gasteiger partial charge in [0.1, 0.15) is 31.0 Å². The predicted molar refractivity (Wildman–Crippen MR) is 164 cm³/mol. The van der Waals surface area contributed by atoms with Crippen molar-refractivity contribution in [1.82, 2.24) is 5.32 Å². The minimum absolute atomic E-state index is 0.0388. The molecule has 0 unspecified atom stereocenters. The molecule has 10 atom stereocenters. The second kappa shape index (κ2) is 14.3. The SMILES string of the molecule is C/C(=C\c1ccc(O[C@@H]2O[C@H](/C(C)=C/COC(=O)c3ccccc3)[C@@H](O)[C@@H]2O)c(O)c1)C(=O)N[C@@H]1[C@H](O)[C@@H](O)[C@H]2CCC[C@H]2[C@@H]1O. The number of esters is 1. The Morgan fingerprint density at radius 2 is 1.61 bits per heavy atom. The molecule has 2 aromatic rings. The van der Waals surface area contributed by atoms with Crippen LogP contribution in [0, 0.1) is 11.8 Å². The van der Waals surface area contributed by atoms with Gasteiger partial charge in [-0.1, -0.05) is 30.7 Å². The number of ether oxygens (including phenoxy) is 3. The number of hydrogen-bond acceptors (Lipinski definition) is 11. The first-order valence-corrected chi connectivity index (χ1v) is 15.4. The van der Waals surface area contributed by atoms with Crippen LogP contribution in [0.2, 0.25) is 0 Å². The average molecular weight is 640 g/mol. The van der Waals surface area contributed by atoms with Gasteiger partial charge in [0.25, 0.3) is 0 Å². The largest absolute Gasteiger partial charge is 0.504 e. The third kappa shape index (κ3) is 7.12. The van der Waals surface area contributed by atoms with Crippen molar-refractivity contribution < 1.29 is 54.4 Å². The molecule has 3 aliphatic rings. The number of phenolic OH excluding ortho intramolecular Hbond substituents is 1. The van der Waals surface area contributed by atoms with Gasteiger partial charge < -0.3 is 50.2 Å². The van der Waals surface area contributed by atoms with Crippen LogP contribution in [0.25, 0.3) is 6.08 Å². The summed E-state index contributed by atoms with van der Waals surface area (Å²) in [5.41, 5.74) is 1.57. The Morgan fingerprint density at radius 3 is 2.30 bits per heavy atom. The fraction of sp³-hybridized carbons (Fsp3) is 0.471. The molecule has 3 fully saturated rings. The lowest BCUT2D eigenvalue weighted by atomic mass is 9.73. The monoisotopic (exact) mass is 639 g/mol. The van der Waals surface area contributed by atoms with E-state index in [4.69, 9.17) is 14.2 Å². The number of rotatable bonds is 9. The molecule has 0 bridgehead atoms. The number of phenols is 1. The van der Waals surface area contributed by atoms with Gasteiger partial charge in [-0.2, -0.15) is 0 Å². The number of aliphatic hydroxyl groups excluding tert-OH is 5. The summed E-state index contributed by atoms with van der Waals surface area (Å²) in [7, 11) is 0. The van der Waals surface area contributed by atoms with Crippen LogP contribution in [0.4, 0.5) is 0 Å². The summed E-state index contributed by atoms with van der Waals surface area (Å²) in [5, 5.41) is 66.3. The second-order valence-corrected chi connectivity index (χ2v) is 12.2. The van der Waals surface area contributed by atoms with Crippen LogP contribution in [-0.4, -0.2) is 98.1 Å². The lowest BCUT2D eigenvalue weighted by Gasteiger charge is -2.43. The molecule has 0 spiro atoms. The Morgan fingerprint density at radius 1 is 0.913 bits per heavy atom. The summed E-state index contributed by atoms with van der Waals surface area (Å²) >= 11 is 0. The minimum atomic E-state index is -1.45. The molecule has 1 heterocycles. The van der Waals surface area contributed by atoms with Crippen molar-refractivity contribution in [2.45, 2.75) is 82.1 Å². The van der Waals surface area contributed by atoms with Gasteiger partial charge in [-0.15, -0.1) is 0 Å². The maximum atomic E-state index is 12.9. The molecule has 0 radical (unpaired) electrons. The molecule has 1 saturated heterocycles. The zero-order chi connectivity index (χ0) is 33.1. The lowest BCUT2D eigenvalue weighted by molar-refractivity contribution is -0.139. The molecule has 5 rings (SSSR count). The van der Waals surface area contributed by atoms with E-state index in [9.17, 15) is 40.2 Å². The number of nitrogens with one attached hydrogen (secondary N) is 1. The highest BCUT2D eigenvalue weighted by atomic mass is 16.7. The molecule has 46 heavy (non-hydrogen) atoms. The van der Waals surface area contributed by atoms with Gasteiger partial charge in [0.05, 0.1) is 23.8 Å². The van der Waals surface area contributed by atoms with Crippen LogP contribution in [-0.2, 0) is 14.3 Å². The number of hydrogen-bond donors (Lipinski definition) is 7. The molecule has 12 nitrogen and oxygen atoms in total. The summed E-state index contributed by atoms with van der Waals surface area (Å²) in [4.78, 5) is 25.1. The molecule has 1 amide bonds. The highest BCUT2D eigenvalue weighted by molar-refractivity contribution is 5.97. The van der Waals surface area contributed by atoms with Gasteiger partial charge in [0.15, 0.2) is 11.5 Å². The Labute approximate surface area is 266 Å². The molecule has 0 aromatic heterocycles. The summed E-state index contributed by atoms with van der Waals surface area (Å²) < 4.78 is 16.6. The summed E-state index contributed by atoms with van der Waals surface area (Å²) in [6.45, 7) is 3.11. The summed E-state index contributed by atoms with van der Waals surface area (Å²) in [6.07, 6.45) is -3.04. The summed E-state index contributed by atoms with van der Waals surface area (Å²) in [6, 6.07) is 11.8. The van der Waals surface area contributed by atoms with Crippen LogP contribution in [0.1, 0.15) is 49.0 Å². The van der Waals surface area contributed by atoms with E-state index in [0.29, 0.717) is 16.7 Å². The topological polar surface area (TPSA) is 195 Å². The number of amides is 1. The standard InChI is InChI=1S/C34H41NO11/c1-17(13-14-44-33(43)20-7-4-3-5-8-20)31-29(40)30(41)34(46-31)45-24-12-11-19(16-23(24)36)15-18(2)32(42)35-25-26(37)21-9-6-10-22(21)27(38)28(25)39/h3-5,7-8,11-13,15-16,21-22,25-31,34,36-41H,6,9-10,14H2,1-2H3,(H,35,42)/b17-13+,18-15+/t21-,22+,25+,26+,27+,28+,29+,30+,31-,34-/m1/s1. The van der Waals surface area contributed by atoms with Crippen LogP contribution in [0.15, 0.2) is 65.8 Å². The van der Waals surface area contributed by atoms with E-state index in [1.807, 2.05) is 0 Å². The fourth-order valence-electron chi connectivity index (χ4n) is 6.54. The third-order valence-electron chi connectivity index (χ3n) is 9.15. The van der Waals surface area contributed by atoms with E-state index in [-0.39, 0.29) is 35.5 Å². The number of fused-ring (bicyclic) bond motifs is 1. The normalized spacial score (nSPS) is 32.9. The zero-order valence-electron chi connectivity index (χ0n) is 25.6. The molecular weight excluding hydrogens is 598 g/mol. The van der Waals surface area contributed by atoms with Gasteiger partial charge in [-0.05, 0) is 86.1 Å². The van der Waals surface area contributed by atoms with E-state index >= 15 is 0 Å². The number of carbonyl (C=O) groups is 2. The third-order valence-corrected chi connectivity index (χ3v) is 9.15. The Bertz CT molecular complexity index is 1460. The average Bonchev–Trinajstić information content (AvgIpc) is 3.65. The van der Waals surface area contributed by atoms with Crippen molar-refractivity contribution in [2.24, 2.45) is 11.8 Å². The number of aromatic hydroxyl groups is 1. The first-order chi connectivity index (χ1) is 22.0. The first kappa shape index (κ1) is 33.6. The van der Waals surface area contributed by atoms with Crippen molar-refractivity contribution in [1.29, 1.82) is 0 Å². The molecule has 2 aliphatic carbocycles. The zero-order valence-corrected chi connectivity index (χ0v) is 25.6. The second-order valence-electron chi connectivity index (χ2n) is 12.2. The minimum Gasteiger partial charge on any atom is -0.504 e. The fourth-order valence-corrected chi connectivity index (χ4v) is 6.54. The molecular formula is C34H41NO11. The van der Waals surface area contributed by atoms with Gasteiger partial charge >= 0.3 is 5.97 Å². The lowest BCUT2D eigenvalue weighted by Crippen LogP contribution is -2.63. The molecule has 2 aromatic carbocycles. The predicted octanol–water partition coefficient (Wildman–Crippen LogP) is 1.42. The number of carbonyl (C=O) groups excluding carboxylic acids is 2. The van der Waals surface area contributed by atoms with E-state index in [2.05, 4.69) is 5.32 Å². The maximum Gasteiger partial charge on any atom is 0.338 e. The van der Waals surface area contributed by atoms with E-state index in [1.165, 1.54) is 25.1 Å². The Hall–Kier alpha value is -3.78. The highest BCUT2D eigenvalue weighted by Gasteiger charge is 2.51. The van der Waals surface area contributed by atoms with E-state index in [0.717, 1.165) is 19.3 Å². The van der Waals surface area contributed by atoms with Gasteiger partial charge in [-0.25, -0.2) is 4.79 Å².